The second-order valence-corrected chi connectivity index (χ2v) is 5.25. The molecule has 0 amide bonds. The van der Waals surface area contributed by atoms with Crippen LogP contribution < -0.4 is 5.32 Å². The van der Waals surface area contributed by atoms with Crippen LogP contribution in [0, 0.1) is 11.8 Å². The molecule has 0 aromatic carbocycles. The minimum absolute atomic E-state index is 0.624. The van der Waals surface area contributed by atoms with Crippen molar-refractivity contribution in [2.45, 2.75) is 12.8 Å². The van der Waals surface area contributed by atoms with Crippen LogP contribution in [-0.4, -0.2) is 18.1 Å². The normalized spacial score (nSPS) is 27.2. The van der Waals surface area contributed by atoms with Crippen LogP contribution >= 0.6 is 0 Å². The number of aromatic nitrogens is 1. The summed E-state index contributed by atoms with van der Waals surface area (Å²) < 4.78 is 5.94. The van der Waals surface area contributed by atoms with Crippen LogP contribution in [0.5, 0.6) is 0 Å². The molecule has 0 bridgehead atoms. The Morgan fingerprint density at radius 3 is 3.33 bits per heavy atom. The lowest BCUT2D eigenvalue weighted by molar-refractivity contribution is 0.326. The summed E-state index contributed by atoms with van der Waals surface area (Å²) in [7, 11) is 0. The van der Waals surface area contributed by atoms with Gasteiger partial charge in [0.2, 0.25) is 0 Å². The number of allylic oxidation sites excluding steroid dienone is 1. The van der Waals surface area contributed by atoms with E-state index in [0.29, 0.717) is 5.92 Å². The van der Waals surface area contributed by atoms with Crippen molar-refractivity contribution in [3.05, 3.63) is 36.2 Å². The van der Waals surface area contributed by atoms with Gasteiger partial charge in [0.15, 0.2) is 5.58 Å². The summed E-state index contributed by atoms with van der Waals surface area (Å²) in [6.07, 6.45) is 6.66. The van der Waals surface area contributed by atoms with Crippen LogP contribution in [0.2, 0.25) is 0 Å². The maximum Gasteiger partial charge on any atom is 0.153 e. The van der Waals surface area contributed by atoms with Crippen LogP contribution in [0.25, 0.3) is 16.7 Å². The van der Waals surface area contributed by atoms with Crippen molar-refractivity contribution in [3.63, 3.8) is 0 Å². The minimum Gasteiger partial charge on any atom is -0.455 e. The average molecular weight is 240 g/mol. The number of hydrogen-bond donors (Lipinski definition) is 1. The first-order valence-corrected chi connectivity index (χ1v) is 6.67. The summed E-state index contributed by atoms with van der Waals surface area (Å²) in [5, 5.41) is 3.49. The molecule has 3 heterocycles. The zero-order chi connectivity index (χ0) is 11.9. The fourth-order valence-electron chi connectivity index (χ4n) is 3.28. The number of pyridine rings is 1. The molecule has 1 aliphatic heterocycles. The van der Waals surface area contributed by atoms with Crippen LogP contribution in [0.15, 0.2) is 34.9 Å². The molecule has 2 aliphatic rings. The van der Waals surface area contributed by atoms with E-state index in [1.165, 1.54) is 18.4 Å². The molecule has 1 N–H and O–H groups in total. The van der Waals surface area contributed by atoms with E-state index in [9.17, 15) is 0 Å². The number of nitrogens with one attached hydrogen (secondary N) is 1. The second-order valence-electron chi connectivity index (χ2n) is 5.25. The summed E-state index contributed by atoms with van der Waals surface area (Å²) in [6, 6.07) is 5.99. The lowest BCUT2D eigenvalue weighted by atomic mass is 9.85. The zero-order valence-electron chi connectivity index (χ0n) is 10.2. The summed E-state index contributed by atoms with van der Waals surface area (Å²) in [6.45, 7) is 2.24. The van der Waals surface area contributed by atoms with Gasteiger partial charge in [-0.05, 0) is 43.0 Å². The molecule has 0 spiro atoms. The number of hydrogen-bond acceptors (Lipinski definition) is 3. The van der Waals surface area contributed by atoms with Crippen molar-refractivity contribution in [1.82, 2.24) is 10.3 Å². The van der Waals surface area contributed by atoms with Gasteiger partial charge in [0, 0.05) is 24.7 Å². The molecule has 1 fully saturated rings. The van der Waals surface area contributed by atoms with Crippen molar-refractivity contribution < 1.29 is 4.42 Å². The summed E-state index contributed by atoms with van der Waals surface area (Å²) in [5.41, 5.74) is 3.23. The van der Waals surface area contributed by atoms with E-state index in [1.807, 2.05) is 18.3 Å². The third-order valence-corrected chi connectivity index (χ3v) is 4.24. The number of rotatable bonds is 1. The Morgan fingerprint density at radius 2 is 2.39 bits per heavy atom. The van der Waals surface area contributed by atoms with Crippen molar-refractivity contribution in [1.29, 1.82) is 0 Å². The van der Waals surface area contributed by atoms with Gasteiger partial charge in [-0.25, -0.2) is 0 Å². The molecular weight excluding hydrogens is 224 g/mol. The average Bonchev–Trinajstić information content (AvgIpc) is 3.02. The third-order valence-electron chi connectivity index (χ3n) is 4.24. The number of furan rings is 1. The Bertz CT molecular complexity index is 581. The maximum atomic E-state index is 5.94. The molecule has 0 saturated carbocycles. The van der Waals surface area contributed by atoms with Gasteiger partial charge in [-0.2, -0.15) is 0 Å². The topological polar surface area (TPSA) is 38.1 Å². The van der Waals surface area contributed by atoms with Gasteiger partial charge in [0.1, 0.15) is 11.3 Å². The van der Waals surface area contributed by atoms with E-state index in [1.54, 1.807) is 0 Å². The predicted octanol–water partition coefficient (Wildman–Crippen LogP) is 2.84. The van der Waals surface area contributed by atoms with Crippen LogP contribution in [0.1, 0.15) is 18.6 Å². The smallest absolute Gasteiger partial charge is 0.153 e. The summed E-state index contributed by atoms with van der Waals surface area (Å²) >= 11 is 0. The summed E-state index contributed by atoms with van der Waals surface area (Å²) in [4.78, 5) is 4.34. The molecule has 92 valence electrons. The number of piperidine rings is 1. The van der Waals surface area contributed by atoms with Gasteiger partial charge in [0.25, 0.3) is 0 Å². The van der Waals surface area contributed by atoms with Gasteiger partial charge in [-0.1, -0.05) is 6.08 Å². The molecule has 2 atom stereocenters. The van der Waals surface area contributed by atoms with E-state index in [-0.39, 0.29) is 0 Å². The van der Waals surface area contributed by atoms with E-state index >= 15 is 0 Å². The third kappa shape index (κ3) is 1.51. The molecule has 18 heavy (non-hydrogen) atoms. The van der Waals surface area contributed by atoms with E-state index < -0.39 is 0 Å². The van der Waals surface area contributed by atoms with Gasteiger partial charge >= 0.3 is 0 Å². The highest BCUT2D eigenvalue weighted by molar-refractivity contribution is 5.79. The molecule has 1 saturated heterocycles. The SMILES string of the molecule is C1=C(c2cc3ncccc3o2)C2CNCCC2C1. The van der Waals surface area contributed by atoms with Crippen molar-refractivity contribution >= 4 is 16.7 Å². The molecule has 0 radical (unpaired) electrons. The van der Waals surface area contributed by atoms with Gasteiger partial charge in [0.05, 0.1) is 0 Å². The second kappa shape index (κ2) is 3.95. The monoisotopic (exact) mass is 240 g/mol. The molecule has 2 aromatic rings. The Balaban J connectivity index is 1.74. The first-order chi connectivity index (χ1) is 8.92. The standard InChI is InChI=1S/C15H16N2O/c1-2-14-13(17-6-1)8-15(18-14)11-4-3-10-5-7-16-9-12(10)11/h1-2,4,6,8,10,12,16H,3,5,7,9H2. The first kappa shape index (κ1) is 10.3. The van der Waals surface area contributed by atoms with Gasteiger partial charge in [-0.15, -0.1) is 0 Å². The highest BCUT2D eigenvalue weighted by Crippen LogP contribution is 2.42. The van der Waals surface area contributed by atoms with Gasteiger partial charge in [-0.3, -0.25) is 4.98 Å². The van der Waals surface area contributed by atoms with E-state index in [4.69, 9.17) is 4.42 Å². The quantitative estimate of drug-likeness (QED) is 0.833. The lowest BCUT2D eigenvalue weighted by Crippen LogP contribution is -2.34. The molecule has 1 aliphatic carbocycles. The van der Waals surface area contributed by atoms with Crippen LogP contribution in [0.4, 0.5) is 0 Å². The van der Waals surface area contributed by atoms with E-state index in [0.717, 1.165) is 35.9 Å². The maximum absolute atomic E-state index is 5.94. The van der Waals surface area contributed by atoms with Crippen LogP contribution in [-0.2, 0) is 0 Å². The Morgan fingerprint density at radius 1 is 1.39 bits per heavy atom. The Labute approximate surface area is 106 Å². The summed E-state index contributed by atoms with van der Waals surface area (Å²) in [5.74, 6) is 2.45. The molecule has 3 heteroatoms. The molecule has 4 rings (SSSR count). The number of fused-ring (bicyclic) bond motifs is 2. The number of nitrogens with zero attached hydrogens (tertiary/aromatic N) is 1. The highest BCUT2D eigenvalue weighted by atomic mass is 16.3. The van der Waals surface area contributed by atoms with E-state index in [2.05, 4.69) is 22.4 Å². The predicted molar refractivity (Wildman–Crippen MR) is 71.1 cm³/mol. The lowest BCUT2D eigenvalue weighted by Gasteiger charge is -2.27. The van der Waals surface area contributed by atoms with Crippen molar-refractivity contribution in [2.75, 3.05) is 13.1 Å². The fraction of sp³-hybridized carbons (Fsp3) is 0.400. The van der Waals surface area contributed by atoms with Crippen molar-refractivity contribution in [2.24, 2.45) is 11.8 Å². The molecule has 3 nitrogen and oxygen atoms in total. The highest BCUT2D eigenvalue weighted by Gasteiger charge is 2.33. The van der Waals surface area contributed by atoms with Gasteiger partial charge < -0.3 is 9.73 Å². The Kier molecular flexibility index (Phi) is 2.27. The largest absolute Gasteiger partial charge is 0.455 e. The van der Waals surface area contributed by atoms with Crippen LogP contribution in [0.3, 0.4) is 0 Å². The zero-order valence-corrected chi connectivity index (χ0v) is 10.2. The molecule has 2 unspecified atom stereocenters. The van der Waals surface area contributed by atoms with Crippen molar-refractivity contribution in [3.8, 4) is 0 Å². The first-order valence-electron chi connectivity index (χ1n) is 6.67. The molecular formula is C15H16N2O. The fourth-order valence-corrected chi connectivity index (χ4v) is 3.28. The Hall–Kier alpha value is -1.61. The minimum atomic E-state index is 0.624. The molecule has 2 aromatic heterocycles.